The number of rotatable bonds is 3. The van der Waals surface area contributed by atoms with Crippen molar-refractivity contribution in [2.45, 2.75) is 24.9 Å². The minimum Gasteiger partial charge on any atom is -0.485 e. The molecule has 0 bridgehead atoms. The molecule has 2 aliphatic heterocycles. The van der Waals surface area contributed by atoms with E-state index in [2.05, 4.69) is 0 Å². The highest BCUT2D eigenvalue weighted by Gasteiger charge is 2.34. The van der Waals surface area contributed by atoms with Crippen LogP contribution in [0.2, 0.25) is 0 Å². The fourth-order valence-corrected chi connectivity index (χ4v) is 4.61. The van der Waals surface area contributed by atoms with Gasteiger partial charge in [-0.2, -0.15) is 0 Å². The molecule has 33 heavy (non-hydrogen) atoms. The van der Waals surface area contributed by atoms with Gasteiger partial charge in [-0.3, -0.25) is 14.6 Å². The van der Waals surface area contributed by atoms with Gasteiger partial charge in [0.15, 0.2) is 11.5 Å². The van der Waals surface area contributed by atoms with Crippen LogP contribution in [-0.4, -0.2) is 65.5 Å². The summed E-state index contributed by atoms with van der Waals surface area (Å²) in [6.45, 7) is 2.13. The maximum absolute atomic E-state index is 13.5. The Labute approximate surface area is 191 Å². The molecule has 2 amide bonds. The van der Waals surface area contributed by atoms with Crippen molar-refractivity contribution >= 4 is 22.7 Å². The zero-order valence-electron chi connectivity index (χ0n) is 18.3. The summed E-state index contributed by atoms with van der Waals surface area (Å²) in [4.78, 5) is 34.9. The number of para-hydroxylation sites is 3. The minimum atomic E-state index is -0.660. The van der Waals surface area contributed by atoms with Gasteiger partial charge < -0.3 is 19.3 Å². The molecule has 1 aromatic heterocycles. The second-order valence-corrected chi connectivity index (χ2v) is 8.87. The van der Waals surface area contributed by atoms with Crippen molar-refractivity contribution in [1.29, 1.82) is 0 Å². The third-order valence-corrected chi connectivity index (χ3v) is 6.62. The number of nitrogens with zero attached hydrogens (tertiary/aromatic N) is 3. The molecular weight excluding hydrogens is 418 g/mol. The summed E-state index contributed by atoms with van der Waals surface area (Å²) in [7, 11) is 0. The number of benzene rings is 2. The van der Waals surface area contributed by atoms with E-state index in [4.69, 9.17) is 14.5 Å². The van der Waals surface area contributed by atoms with Crippen LogP contribution in [0.15, 0.2) is 54.6 Å². The van der Waals surface area contributed by atoms with Gasteiger partial charge in [-0.25, -0.2) is 0 Å². The lowest BCUT2D eigenvalue weighted by atomic mass is 10.0. The molecule has 0 unspecified atom stereocenters. The van der Waals surface area contributed by atoms with Crippen molar-refractivity contribution < 1.29 is 19.1 Å². The SMILES string of the molecule is O=C(c1cc(C2CC2)nc2ccccc12)N1CCN(C(=O)[C@@H]2COc3ccccc3O2)CC1. The van der Waals surface area contributed by atoms with Crippen LogP contribution >= 0.6 is 0 Å². The summed E-state index contributed by atoms with van der Waals surface area (Å²) in [5, 5.41) is 0.886. The number of piperazine rings is 1. The van der Waals surface area contributed by atoms with E-state index in [-0.39, 0.29) is 18.4 Å². The number of fused-ring (bicyclic) bond motifs is 2. The Morgan fingerprint density at radius 3 is 2.36 bits per heavy atom. The van der Waals surface area contributed by atoms with Crippen LogP contribution < -0.4 is 9.47 Å². The lowest BCUT2D eigenvalue weighted by Crippen LogP contribution is -2.55. The molecule has 1 saturated carbocycles. The molecule has 0 spiro atoms. The molecule has 1 aliphatic carbocycles. The fraction of sp³-hybridized carbons (Fsp3) is 0.346. The molecule has 1 atom stereocenters. The van der Waals surface area contributed by atoms with Crippen LogP contribution in [0.25, 0.3) is 10.9 Å². The Hall–Kier alpha value is -3.61. The Bertz CT molecular complexity index is 1230. The van der Waals surface area contributed by atoms with E-state index in [1.54, 1.807) is 11.0 Å². The number of ether oxygens (including phenoxy) is 2. The first-order valence-electron chi connectivity index (χ1n) is 11.5. The van der Waals surface area contributed by atoms with E-state index in [1.807, 2.05) is 53.4 Å². The van der Waals surface area contributed by atoms with Gasteiger partial charge in [-0.05, 0) is 37.1 Å². The van der Waals surface area contributed by atoms with Gasteiger partial charge in [0.2, 0.25) is 6.10 Å². The summed E-state index contributed by atoms with van der Waals surface area (Å²) >= 11 is 0. The van der Waals surface area contributed by atoms with Gasteiger partial charge in [0.05, 0.1) is 11.1 Å². The number of hydrogen-bond acceptors (Lipinski definition) is 5. The van der Waals surface area contributed by atoms with Gasteiger partial charge in [-0.1, -0.05) is 30.3 Å². The summed E-state index contributed by atoms with van der Waals surface area (Å²) < 4.78 is 11.6. The van der Waals surface area contributed by atoms with Crippen LogP contribution in [0.1, 0.15) is 34.8 Å². The predicted molar refractivity (Wildman–Crippen MR) is 123 cm³/mol. The maximum atomic E-state index is 13.5. The average molecular weight is 444 g/mol. The summed E-state index contributed by atoms with van der Waals surface area (Å²) in [6.07, 6.45) is 1.61. The minimum absolute atomic E-state index is 0.00813. The van der Waals surface area contributed by atoms with Gasteiger partial charge >= 0.3 is 0 Å². The van der Waals surface area contributed by atoms with Gasteiger partial charge in [0.25, 0.3) is 11.8 Å². The van der Waals surface area contributed by atoms with Crippen LogP contribution in [0.4, 0.5) is 0 Å². The lowest BCUT2D eigenvalue weighted by Gasteiger charge is -2.37. The van der Waals surface area contributed by atoms with E-state index in [0.717, 1.165) is 29.4 Å². The van der Waals surface area contributed by atoms with Gasteiger partial charge in [-0.15, -0.1) is 0 Å². The Morgan fingerprint density at radius 1 is 0.879 bits per heavy atom. The molecule has 2 fully saturated rings. The highest BCUT2D eigenvalue weighted by molar-refractivity contribution is 6.06. The standard InChI is InChI=1S/C26H25N3O4/c30-25(19-15-21(17-9-10-17)27-20-6-2-1-5-18(19)20)28-11-13-29(14-12-28)26(31)24-16-32-22-7-3-4-8-23(22)33-24/h1-8,15,17,24H,9-14,16H2/t24-/m0/s1. The predicted octanol–water partition coefficient (Wildman–Crippen LogP) is 3.24. The second-order valence-electron chi connectivity index (χ2n) is 8.87. The number of hydrogen-bond donors (Lipinski definition) is 0. The van der Waals surface area contributed by atoms with Crippen molar-refractivity contribution in [1.82, 2.24) is 14.8 Å². The third kappa shape index (κ3) is 3.77. The zero-order chi connectivity index (χ0) is 22.4. The van der Waals surface area contributed by atoms with Crippen molar-refractivity contribution in [3.05, 3.63) is 65.9 Å². The molecule has 3 aliphatic rings. The molecule has 168 valence electrons. The Balaban J connectivity index is 1.15. The van der Waals surface area contributed by atoms with E-state index >= 15 is 0 Å². The van der Waals surface area contributed by atoms with E-state index in [0.29, 0.717) is 49.2 Å². The van der Waals surface area contributed by atoms with E-state index < -0.39 is 6.10 Å². The highest BCUT2D eigenvalue weighted by atomic mass is 16.6. The quantitative estimate of drug-likeness (QED) is 0.622. The summed E-state index contributed by atoms with van der Waals surface area (Å²) in [6, 6.07) is 17.2. The lowest BCUT2D eigenvalue weighted by molar-refractivity contribution is -0.142. The van der Waals surface area contributed by atoms with Crippen molar-refractivity contribution in [2.75, 3.05) is 32.8 Å². The molecule has 7 nitrogen and oxygen atoms in total. The first-order valence-corrected chi connectivity index (χ1v) is 11.5. The van der Waals surface area contributed by atoms with E-state index in [1.165, 1.54) is 0 Å². The molecule has 0 N–H and O–H groups in total. The molecular formula is C26H25N3O4. The molecule has 7 heteroatoms. The summed E-state index contributed by atoms with van der Waals surface area (Å²) in [5.41, 5.74) is 2.59. The smallest absolute Gasteiger partial charge is 0.267 e. The average Bonchev–Trinajstić information content (AvgIpc) is 3.73. The van der Waals surface area contributed by atoms with Crippen molar-refractivity contribution in [2.24, 2.45) is 0 Å². The fourth-order valence-electron chi connectivity index (χ4n) is 4.61. The molecule has 2 aromatic carbocycles. The number of carbonyl (C=O) groups excluding carboxylic acids is 2. The number of pyridine rings is 1. The monoisotopic (exact) mass is 443 g/mol. The normalized spacial score (nSPS) is 20.1. The topological polar surface area (TPSA) is 72.0 Å². The van der Waals surface area contributed by atoms with Gasteiger partial charge in [0, 0.05) is 43.2 Å². The molecule has 0 radical (unpaired) electrons. The van der Waals surface area contributed by atoms with Crippen LogP contribution in [-0.2, 0) is 4.79 Å². The van der Waals surface area contributed by atoms with Crippen LogP contribution in [0, 0.1) is 0 Å². The zero-order valence-corrected chi connectivity index (χ0v) is 18.3. The molecule has 6 rings (SSSR count). The second kappa shape index (κ2) is 8.06. The third-order valence-electron chi connectivity index (χ3n) is 6.62. The summed E-state index contributed by atoms with van der Waals surface area (Å²) in [5.74, 6) is 1.63. The van der Waals surface area contributed by atoms with Crippen LogP contribution in [0.5, 0.6) is 11.5 Å². The van der Waals surface area contributed by atoms with Crippen molar-refractivity contribution in [3.8, 4) is 11.5 Å². The Morgan fingerprint density at radius 2 is 1.58 bits per heavy atom. The van der Waals surface area contributed by atoms with Gasteiger partial charge in [0.1, 0.15) is 6.61 Å². The molecule has 3 aromatic rings. The first-order chi connectivity index (χ1) is 16.2. The molecule has 3 heterocycles. The highest BCUT2D eigenvalue weighted by Crippen LogP contribution is 2.40. The van der Waals surface area contributed by atoms with E-state index in [9.17, 15) is 9.59 Å². The van der Waals surface area contributed by atoms with Crippen LogP contribution in [0.3, 0.4) is 0 Å². The number of carbonyl (C=O) groups is 2. The Kier molecular flexibility index (Phi) is 4.89. The number of aromatic nitrogens is 1. The largest absolute Gasteiger partial charge is 0.485 e. The molecule has 1 saturated heterocycles. The maximum Gasteiger partial charge on any atom is 0.267 e. The first kappa shape index (κ1) is 20.0. The van der Waals surface area contributed by atoms with Crippen molar-refractivity contribution in [3.63, 3.8) is 0 Å². The number of amides is 2.